The molecular formula is C12H26N2O. The van der Waals surface area contributed by atoms with Crippen LogP contribution in [0, 0.1) is 5.92 Å². The number of hydrogen-bond donors (Lipinski definition) is 1. The highest BCUT2D eigenvalue weighted by Gasteiger charge is 2.19. The van der Waals surface area contributed by atoms with E-state index in [9.17, 15) is 0 Å². The summed E-state index contributed by atoms with van der Waals surface area (Å²) >= 11 is 0. The predicted molar refractivity (Wildman–Crippen MR) is 64.2 cm³/mol. The Labute approximate surface area is 94.2 Å². The maximum Gasteiger partial charge on any atom is 0.0589 e. The first kappa shape index (κ1) is 12.9. The molecule has 3 heteroatoms. The zero-order valence-electron chi connectivity index (χ0n) is 10.5. The van der Waals surface area contributed by atoms with Gasteiger partial charge >= 0.3 is 0 Å². The lowest BCUT2D eigenvalue weighted by Gasteiger charge is -2.33. The minimum absolute atomic E-state index is 0.688. The summed E-state index contributed by atoms with van der Waals surface area (Å²) in [6.45, 7) is 10.2. The third-order valence-electron chi connectivity index (χ3n) is 3.49. The lowest BCUT2D eigenvalue weighted by molar-refractivity contribution is 0.114. The summed E-state index contributed by atoms with van der Waals surface area (Å²) < 4.78 is 5.16. The van der Waals surface area contributed by atoms with E-state index in [2.05, 4.69) is 24.1 Å². The van der Waals surface area contributed by atoms with Crippen molar-refractivity contribution in [3.05, 3.63) is 0 Å². The largest absolute Gasteiger partial charge is 0.383 e. The normalized spacial score (nSPS) is 19.2. The van der Waals surface area contributed by atoms with Crippen LogP contribution in [0.15, 0.2) is 0 Å². The number of rotatable bonds is 8. The van der Waals surface area contributed by atoms with Crippen molar-refractivity contribution in [3.63, 3.8) is 0 Å². The van der Waals surface area contributed by atoms with E-state index in [1.807, 2.05) is 0 Å². The third kappa shape index (κ3) is 4.49. The minimum atomic E-state index is 0.688. The highest BCUT2D eigenvalue weighted by atomic mass is 16.5. The molecule has 1 fully saturated rings. The molecule has 1 atom stereocenters. The van der Waals surface area contributed by atoms with E-state index in [0.29, 0.717) is 6.04 Å². The van der Waals surface area contributed by atoms with Gasteiger partial charge in [-0.25, -0.2) is 0 Å². The van der Waals surface area contributed by atoms with Crippen molar-refractivity contribution < 1.29 is 4.74 Å². The first-order chi connectivity index (χ1) is 7.27. The fourth-order valence-electron chi connectivity index (χ4n) is 1.92. The first-order valence-corrected chi connectivity index (χ1v) is 6.21. The zero-order valence-corrected chi connectivity index (χ0v) is 10.5. The average molecular weight is 214 g/mol. The van der Waals surface area contributed by atoms with Crippen LogP contribution in [0.4, 0.5) is 0 Å². The molecule has 0 aromatic rings. The van der Waals surface area contributed by atoms with Gasteiger partial charge < -0.3 is 10.1 Å². The number of methoxy groups -OCH3 is 1. The van der Waals surface area contributed by atoms with Gasteiger partial charge in [0.25, 0.3) is 0 Å². The summed E-state index contributed by atoms with van der Waals surface area (Å²) in [5.41, 5.74) is 0. The second-order valence-electron chi connectivity index (χ2n) is 4.60. The van der Waals surface area contributed by atoms with Crippen LogP contribution >= 0.6 is 0 Å². The molecule has 15 heavy (non-hydrogen) atoms. The Bertz CT molecular complexity index is 160. The molecule has 1 saturated heterocycles. The van der Waals surface area contributed by atoms with Crippen LogP contribution in [0.5, 0.6) is 0 Å². The maximum absolute atomic E-state index is 5.16. The fourth-order valence-corrected chi connectivity index (χ4v) is 1.92. The van der Waals surface area contributed by atoms with Crippen LogP contribution in [0.3, 0.4) is 0 Å². The molecule has 0 amide bonds. The van der Waals surface area contributed by atoms with Crippen molar-refractivity contribution in [2.75, 3.05) is 39.9 Å². The molecule has 1 N–H and O–H groups in total. The molecular weight excluding hydrogens is 188 g/mol. The highest BCUT2D eigenvalue weighted by Crippen LogP contribution is 2.12. The molecule has 1 unspecified atom stereocenters. The summed E-state index contributed by atoms with van der Waals surface area (Å²) in [5, 5.41) is 3.33. The van der Waals surface area contributed by atoms with E-state index < -0.39 is 0 Å². The number of hydrogen-bond acceptors (Lipinski definition) is 3. The Hall–Kier alpha value is -0.120. The SMILES string of the molecule is CCC(C)N(CCOC)CCC1CNC1. The van der Waals surface area contributed by atoms with Crippen LogP contribution < -0.4 is 5.32 Å². The van der Waals surface area contributed by atoms with Gasteiger partial charge in [0.2, 0.25) is 0 Å². The van der Waals surface area contributed by atoms with Crippen molar-refractivity contribution in [1.82, 2.24) is 10.2 Å². The Kier molecular flexibility index (Phi) is 6.22. The summed E-state index contributed by atoms with van der Waals surface area (Å²) in [5.74, 6) is 0.916. The van der Waals surface area contributed by atoms with Gasteiger partial charge in [-0.3, -0.25) is 4.90 Å². The van der Waals surface area contributed by atoms with Gasteiger partial charge in [-0.15, -0.1) is 0 Å². The van der Waals surface area contributed by atoms with Gasteiger partial charge in [0.05, 0.1) is 6.61 Å². The van der Waals surface area contributed by atoms with Gasteiger partial charge in [0, 0.05) is 19.7 Å². The second kappa shape index (κ2) is 7.20. The van der Waals surface area contributed by atoms with Crippen molar-refractivity contribution in [3.8, 4) is 0 Å². The van der Waals surface area contributed by atoms with Crippen LogP contribution in [-0.2, 0) is 4.74 Å². The van der Waals surface area contributed by atoms with Gasteiger partial charge in [0.1, 0.15) is 0 Å². The van der Waals surface area contributed by atoms with E-state index >= 15 is 0 Å². The molecule has 0 aromatic heterocycles. The van der Waals surface area contributed by atoms with Crippen molar-refractivity contribution in [2.24, 2.45) is 5.92 Å². The second-order valence-corrected chi connectivity index (χ2v) is 4.60. The molecule has 1 aliphatic rings. The molecule has 0 bridgehead atoms. The van der Waals surface area contributed by atoms with E-state index in [1.54, 1.807) is 7.11 Å². The zero-order chi connectivity index (χ0) is 11.1. The molecule has 0 saturated carbocycles. The van der Waals surface area contributed by atoms with Gasteiger partial charge in [-0.2, -0.15) is 0 Å². The van der Waals surface area contributed by atoms with Crippen LogP contribution in [0.25, 0.3) is 0 Å². The minimum Gasteiger partial charge on any atom is -0.383 e. The standard InChI is InChI=1S/C12H26N2O/c1-4-11(2)14(7-8-15-3)6-5-12-9-13-10-12/h11-13H,4-10H2,1-3H3. The van der Waals surface area contributed by atoms with Crippen molar-refractivity contribution >= 4 is 0 Å². The van der Waals surface area contributed by atoms with Crippen LogP contribution in [0.2, 0.25) is 0 Å². The quantitative estimate of drug-likeness (QED) is 0.660. The topological polar surface area (TPSA) is 24.5 Å². The van der Waals surface area contributed by atoms with E-state index in [-0.39, 0.29) is 0 Å². The molecule has 0 aliphatic carbocycles. The summed E-state index contributed by atoms with van der Waals surface area (Å²) in [4.78, 5) is 2.56. The van der Waals surface area contributed by atoms with E-state index in [4.69, 9.17) is 4.74 Å². The van der Waals surface area contributed by atoms with Crippen molar-refractivity contribution in [1.29, 1.82) is 0 Å². The molecule has 0 aromatic carbocycles. The number of nitrogens with zero attached hydrogens (tertiary/aromatic N) is 1. The molecule has 3 nitrogen and oxygen atoms in total. The summed E-state index contributed by atoms with van der Waals surface area (Å²) in [7, 11) is 1.78. The predicted octanol–water partition coefficient (Wildman–Crippen LogP) is 1.34. The number of ether oxygens (including phenoxy) is 1. The molecule has 90 valence electrons. The monoisotopic (exact) mass is 214 g/mol. The van der Waals surface area contributed by atoms with Gasteiger partial charge in [-0.1, -0.05) is 6.92 Å². The molecule has 0 spiro atoms. The molecule has 1 heterocycles. The Morgan fingerprint density at radius 2 is 2.13 bits per heavy atom. The molecule has 1 rings (SSSR count). The smallest absolute Gasteiger partial charge is 0.0589 e. The number of nitrogens with one attached hydrogen (secondary N) is 1. The third-order valence-corrected chi connectivity index (χ3v) is 3.49. The summed E-state index contributed by atoms with van der Waals surface area (Å²) in [6.07, 6.45) is 2.56. The Morgan fingerprint density at radius 3 is 2.60 bits per heavy atom. The lowest BCUT2D eigenvalue weighted by atomic mass is 9.99. The van der Waals surface area contributed by atoms with Gasteiger partial charge in [0.15, 0.2) is 0 Å². The van der Waals surface area contributed by atoms with Crippen LogP contribution in [0.1, 0.15) is 26.7 Å². The Balaban J connectivity index is 2.20. The van der Waals surface area contributed by atoms with E-state index in [0.717, 1.165) is 19.1 Å². The highest BCUT2D eigenvalue weighted by molar-refractivity contribution is 4.77. The Morgan fingerprint density at radius 1 is 1.40 bits per heavy atom. The molecule has 0 radical (unpaired) electrons. The van der Waals surface area contributed by atoms with Crippen molar-refractivity contribution in [2.45, 2.75) is 32.7 Å². The van der Waals surface area contributed by atoms with Crippen LogP contribution in [-0.4, -0.2) is 50.8 Å². The van der Waals surface area contributed by atoms with E-state index in [1.165, 1.54) is 32.5 Å². The average Bonchev–Trinajstić information content (AvgIpc) is 2.19. The summed E-state index contributed by atoms with van der Waals surface area (Å²) in [6, 6.07) is 0.688. The molecule has 1 aliphatic heterocycles. The van der Waals surface area contributed by atoms with Gasteiger partial charge in [-0.05, 0) is 45.3 Å². The fraction of sp³-hybridized carbons (Fsp3) is 1.00. The maximum atomic E-state index is 5.16. The lowest BCUT2D eigenvalue weighted by Crippen LogP contribution is -2.45. The first-order valence-electron chi connectivity index (χ1n) is 6.21.